The van der Waals surface area contributed by atoms with Gasteiger partial charge in [0.15, 0.2) is 5.11 Å². The van der Waals surface area contributed by atoms with Crippen molar-refractivity contribution < 1.29 is 4.79 Å². The van der Waals surface area contributed by atoms with E-state index in [1.165, 1.54) is 21.3 Å². The lowest BCUT2D eigenvalue weighted by atomic mass is 10.1. The Kier molecular flexibility index (Phi) is 6.32. The van der Waals surface area contributed by atoms with Crippen LogP contribution in [0.5, 0.6) is 0 Å². The number of carbonyl (C=O) groups is 1. The van der Waals surface area contributed by atoms with Gasteiger partial charge in [-0.3, -0.25) is 10.2 Å². The average molecular weight is 396 g/mol. The van der Waals surface area contributed by atoms with Gasteiger partial charge < -0.3 is 5.73 Å². The van der Waals surface area contributed by atoms with E-state index in [1.54, 1.807) is 11.8 Å². The fourth-order valence-corrected chi connectivity index (χ4v) is 3.82. The molecule has 3 rings (SSSR count). The zero-order chi connectivity index (χ0) is 19.2. The molecule has 0 aromatic heterocycles. The molecule has 27 heavy (non-hydrogen) atoms. The lowest BCUT2D eigenvalue weighted by Crippen LogP contribution is -2.49. The number of amides is 1. The number of nitrogens with one attached hydrogen (secondary N) is 1. The zero-order valence-electron chi connectivity index (χ0n) is 15.0. The van der Waals surface area contributed by atoms with Gasteiger partial charge in [-0.15, -0.1) is 11.8 Å². The summed E-state index contributed by atoms with van der Waals surface area (Å²) < 4.78 is 0. The second kappa shape index (κ2) is 8.88. The number of fused-ring (bicyclic) bond motifs is 1. The molecule has 3 N–H and O–H groups in total. The van der Waals surface area contributed by atoms with Gasteiger partial charge in [-0.05, 0) is 53.2 Å². The molecule has 4 nitrogen and oxygen atoms in total. The van der Waals surface area contributed by atoms with Gasteiger partial charge in [0.2, 0.25) is 5.91 Å². The largest absolute Gasteiger partial charge is 0.374 e. The third-order valence-electron chi connectivity index (χ3n) is 4.09. The third kappa shape index (κ3) is 4.99. The summed E-state index contributed by atoms with van der Waals surface area (Å²) in [6.07, 6.45) is 0. The molecule has 0 saturated heterocycles. The molecule has 0 spiro atoms. The molecule has 3 aromatic rings. The first-order valence-electron chi connectivity index (χ1n) is 8.54. The maximum absolute atomic E-state index is 12.4. The van der Waals surface area contributed by atoms with Crippen molar-refractivity contribution in [2.24, 2.45) is 5.73 Å². The number of thioether (sulfide) groups is 1. The Morgan fingerprint density at radius 3 is 2.63 bits per heavy atom. The molecule has 0 saturated carbocycles. The van der Waals surface area contributed by atoms with Gasteiger partial charge in [-0.2, -0.15) is 0 Å². The number of rotatable bonds is 5. The van der Waals surface area contributed by atoms with Crippen LogP contribution in [0.15, 0.2) is 66.7 Å². The van der Waals surface area contributed by atoms with Gasteiger partial charge in [0.1, 0.15) is 0 Å². The first-order chi connectivity index (χ1) is 13.0. The van der Waals surface area contributed by atoms with Crippen LogP contribution in [0, 0.1) is 6.92 Å². The number of hydrogen-bond acceptors (Lipinski definition) is 3. The average Bonchev–Trinajstić information content (AvgIpc) is 2.66. The molecule has 0 atom stereocenters. The van der Waals surface area contributed by atoms with Crippen LogP contribution in [0.2, 0.25) is 0 Å². The Morgan fingerprint density at radius 1 is 1.11 bits per heavy atom. The molecule has 0 aliphatic rings. The molecule has 0 radical (unpaired) electrons. The lowest BCUT2D eigenvalue weighted by Gasteiger charge is -2.23. The Morgan fingerprint density at radius 2 is 1.85 bits per heavy atom. The van der Waals surface area contributed by atoms with Crippen molar-refractivity contribution in [1.82, 2.24) is 5.43 Å². The molecule has 0 aliphatic carbocycles. The summed E-state index contributed by atoms with van der Waals surface area (Å²) >= 11 is 6.64. The summed E-state index contributed by atoms with van der Waals surface area (Å²) in [7, 11) is 0. The number of carbonyl (C=O) groups excluding carboxylic acids is 1. The molecule has 6 heteroatoms. The number of benzene rings is 3. The molecule has 0 aliphatic heterocycles. The summed E-state index contributed by atoms with van der Waals surface area (Å²) in [5.41, 5.74) is 11.6. The van der Waals surface area contributed by atoms with Gasteiger partial charge in [-0.25, -0.2) is 5.01 Å². The number of hydrazine groups is 1. The second-order valence-electron chi connectivity index (χ2n) is 6.18. The van der Waals surface area contributed by atoms with E-state index >= 15 is 0 Å². The topological polar surface area (TPSA) is 58.4 Å². The van der Waals surface area contributed by atoms with E-state index in [-0.39, 0.29) is 11.0 Å². The highest BCUT2D eigenvalue weighted by Gasteiger charge is 2.13. The number of nitrogens with zero attached hydrogens (tertiary/aromatic N) is 1. The minimum Gasteiger partial charge on any atom is -0.374 e. The summed E-state index contributed by atoms with van der Waals surface area (Å²) in [4.78, 5) is 12.4. The van der Waals surface area contributed by atoms with Crippen LogP contribution < -0.4 is 16.2 Å². The van der Waals surface area contributed by atoms with Crippen molar-refractivity contribution in [3.05, 3.63) is 77.9 Å². The molecule has 3 aromatic carbocycles. The maximum atomic E-state index is 12.4. The van der Waals surface area contributed by atoms with Crippen LogP contribution in [0.1, 0.15) is 11.1 Å². The number of thiocarbonyl (C=S) groups is 1. The zero-order valence-corrected chi connectivity index (χ0v) is 16.6. The maximum Gasteiger partial charge on any atom is 0.248 e. The fraction of sp³-hybridized carbons (Fsp3) is 0.143. The van der Waals surface area contributed by atoms with Gasteiger partial charge in [0.25, 0.3) is 0 Å². The predicted molar refractivity (Wildman–Crippen MR) is 119 cm³/mol. The van der Waals surface area contributed by atoms with Crippen LogP contribution in [0.3, 0.4) is 0 Å². The molecule has 0 unspecified atom stereocenters. The van der Waals surface area contributed by atoms with E-state index in [1.807, 2.05) is 49.4 Å². The smallest absolute Gasteiger partial charge is 0.248 e. The first-order valence-corrected chi connectivity index (χ1v) is 10.1. The minimum absolute atomic E-state index is 0.105. The van der Waals surface area contributed by atoms with Gasteiger partial charge in [-0.1, -0.05) is 54.6 Å². The van der Waals surface area contributed by atoms with Crippen LogP contribution in [-0.4, -0.2) is 16.8 Å². The normalized spacial score (nSPS) is 10.6. The van der Waals surface area contributed by atoms with Crippen LogP contribution in [0.25, 0.3) is 10.8 Å². The van der Waals surface area contributed by atoms with E-state index in [0.29, 0.717) is 5.75 Å². The highest BCUT2D eigenvalue weighted by Crippen LogP contribution is 2.22. The summed E-state index contributed by atoms with van der Waals surface area (Å²) in [6.45, 7) is 1.98. The number of nitrogens with two attached hydrogens (primary N) is 1. The SMILES string of the molecule is Cc1cccc(N(NC(=O)CSCc2cccc3ccccc23)C(N)=S)c1. The Hall–Kier alpha value is -2.57. The Labute approximate surface area is 168 Å². The number of anilines is 1. The third-order valence-corrected chi connectivity index (χ3v) is 5.25. The van der Waals surface area contributed by atoms with E-state index in [2.05, 4.69) is 29.7 Å². The summed E-state index contributed by atoms with van der Waals surface area (Å²) in [5, 5.41) is 3.98. The highest BCUT2D eigenvalue weighted by atomic mass is 32.2. The number of aryl methyl sites for hydroxylation is 1. The van der Waals surface area contributed by atoms with E-state index < -0.39 is 0 Å². The van der Waals surface area contributed by atoms with Crippen LogP contribution in [-0.2, 0) is 10.5 Å². The van der Waals surface area contributed by atoms with Crippen molar-refractivity contribution >= 4 is 51.5 Å². The second-order valence-corrected chi connectivity index (χ2v) is 7.58. The van der Waals surface area contributed by atoms with Gasteiger partial charge >= 0.3 is 0 Å². The monoisotopic (exact) mass is 395 g/mol. The lowest BCUT2D eigenvalue weighted by molar-refractivity contribution is -0.118. The number of hydrogen-bond donors (Lipinski definition) is 2. The standard InChI is InChI=1S/C21H21N3OS2/c1-15-6-4-10-18(12-15)24(21(22)26)23-20(25)14-27-13-17-9-5-8-16-7-2-3-11-19(16)17/h2-12H,13-14H2,1H3,(H2,22,26)(H,23,25). The summed E-state index contributed by atoms with van der Waals surface area (Å²) in [5.74, 6) is 0.926. The Balaban J connectivity index is 1.61. The quantitative estimate of drug-likeness (QED) is 0.502. The molecule has 0 heterocycles. The van der Waals surface area contributed by atoms with E-state index in [9.17, 15) is 4.79 Å². The van der Waals surface area contributed by atoms with Gasteiger partial charge in [0.05, 0.1) is 11.4 Å². The molecule has 0 fully saturated rings. The molecule has 0 bridgehead atoms. The summed E-state index contributed by atoms with van der Waals surface area (Å²) in [6, 6.07) is 22.2. The van der Waals surface area contributed by atoms with E-state index in [0.717, 1.165) is 17.0 Å². The van der Waals surface area contributed by atoms with Crippen molar-refractivity contribution in [2.45, 2.75) is 12.7 Å². The highest BCUT2D eigenvalue weighted by molar-refractivity contribution is 7.99. The Bertz CT molecular complexity index is 969. The van der Waals surface area contributed by atoms with E-state index in [4.69, 9.17) is 18.0 Å². The van der Waals surface area contributed by atoms with Crippen molar-refractivity contribution in [2.75, 3.05) is 10.8 Å². The molecule has 1 amide bonds. The first kappa shape index (κ1) is 19.2. The van der Waals surface area contributed by atoms with Crippen LogP contribution >= 0.6 is 24.0 Å². The van der Waals surface area contributed by atoms with Crippen LogP contribution in [0.4, 0.5) is 5.69 Å². The van der Waals surface area contributed by atoms with Crippen molar-refractivity contribution in [3.8, 4) is 0 Å². The van der Waals surface area contributed by atoms with Gasteiger partial charge in [0, 0.05) is 5.75 Å². The fourth-order valence-electron chi connectivity index (χ4n) is 2.84. The van der Waals surface area contributed by atoms with Crippen molar-refractivity contribution in [3.63, 3.8) is 0 Å². The van der Waals surface area contributed by atoms with Crippen molar-refractivity contribution in [1.29, 1.82) is 0 Å². The minimum atomic E-state index is -0.144. The molecular weight excluding hydrogens is 374 g/mol. The molecule has 138 valence electrons. The predicted octanol–water partition coefficient (Wildman–Crippen LogP) is 4.16. The molecular formula is C21H21N3OS2.